The van der Waals surface area contributed by atoms with Gasteiger partial charge in [0.15, 0.2) is 0 Å². The van der Waals surface area contributed by atoms with E-state index in [0.717, 1.165) is 10.9 Å². The van der Waals surface area contributed by atoms with Crippen LogP contribution in [0, 0.1) is 0 Å². The zero-order valence-corrected chi connectivity index (χ0v) is 9.98. The van der Waals surface area contributed by atoms with E-state index in [1.54, 1.807) is 35.9 Å². The van der Waals surface area contributed by atoms with Gasteiger partial charge in [-0.05, 0) is 19.1 Å². The van der Waals surface area contributed by atoms with E-state index in [0.29, 0.717) is 10.6 Å². The molecule has 0 spiro atoms. The number of aliphatic hydroxyl groups is 1. The standard InChI is InChI=1S/C12H12ClNO3/c1-7(15)10-5-14(6-12(16)17)11-4-8(13)2-3-9(10)11/h2-5,7,15H,6H2,1H3,(H,16,17). The Bertz CT molecular complexity index is 574. The SMILES string of the molecule is CC(O)c1cn(CC(=O)O)c2cc(Cl)ccc12. The predicted octanol–water partition coefficient (Wildman–Crippen LogP) is 2.43. The van der Waals surface area contributed by atoms with E-state index in [2.05, 4.69) is 0 Å². The van der Waals surface area contributed by atoms with Crippen LogP contribution < -0.4 is 0 Å². The first-order valence-electron chi connectivity index (χ1n) is 5.17. The molecule has 0 aliphatic carbocycles. The summed E-state index contributed by atoms with van der Waals surface area (Å²) in [5.74, 6) is -0.931. The number of carboxylic acid groups (broad SMARTS) is 1. The molecule has 1 atom stereocenters. The lowest BCUT2D eigenvalue weighted by molar-refractivity contribution is -0.137. The van der Waals surface area contributed by atoms with Crippen molar-refractivity contribution in [2.45, 2.75) is 19.6 Å². The summed E-state index contributed by atoms with van der Waals surface area (Å²) in [5, 5.41) is 19.8. The van der Waals surface area contributed by atoms with Crippen LogP contribution in [-0.4, -0.2) is 20.7 Å². The normalized spacial score (nSPS) is 12.9. The van der Waals surface area contributed by atoms with Crippen LogP contribution in [0.4, 0.5) is 0 Å². The number of benzene rings is 1. The average molecular weight is 254 g/mol. The van der Waals surface area contributed by atoms with Gasteiger partial charge in [-0.25, -0.2) is 0 Å². The summed E-state index contributed by atoms with van der Waals surface area (Å²) in [6.07, 6.45) is 1.01. The molecule has 0 saturated carbocycles. The second-order valence-electron chi connectivity index (χ2n) is 3.94. The first-order valence-corrected chi connectivity index (χ1v) is 5.55. The van der Waals surface area contributed by atoms with Crippen LogP contribution in [0.2, 0.25) is 5.02 Å². The number of carbonyl (C=O) groups is 1. The van der Waals surface area contributed by atoms with E-state index in [1.807, 2.05) is 0 Å². The number of halogens is 1. The van der Waals surface area contributed by atoms with E-state index in [4.69, 9.17) is 16.7 Å². The highest BCUT2D eigenvalue weighted by Crippen LogP contribution is 2.28. The molecule has 0 radical (unpaired) electrons. The molecule has 4 nitrogen and oxygen atoms in total. The van der Waals surface area contributed by atoms with Crippen LogP contribution in [-0.2, 0) is 11.3 Å². The second-order valence-corrected chi connectivity index (χ2v) is 4.38. The minimum atomic E-state index is -0.931. The molecule has 0 saturated heterocycles. The maximum absolute atomic E-state index is 10.8. The van der Waals surface area contributed by atoms with Crippen molar-refractivity contribution in [1.82, 2.24) is 4.57 Å². The van der Waals surface area contributed by atoms with Crippen LogP contribution in [0.3, 0.4) is 0 Å². The van der Waals surface area contributed by atoms with E-state index in [9.17, 15) is 9.90 Å². The van der Waals surface area contributed by atoms with Crippen molar-refractivity contribution in [1.29, 1.82) is 0 Å². The Labute approximate surface area is 103 Å². The molecule has 0 amide bonds. The Morgan fingerprint density at radius 2 is 2.24 bits per heavy atom. The lowest BCUT2D eigenvalue weighted by Crippen LogP contribution is -2.07. The van der Waals surface area contributed by atoms with Gasteiger partial charge in [0.25, 0.3) is 0 Å². The van der Waals surface area contributed by atoms with Crippen molar-refractivity contribution in [3.8, 4) is 0 Å². The molecule has 1 aromatic heterocycles. The molecule has 2 aromatic rings. The Hall–Kier alpha value is -1.52. The topological polar surface area (TPSA) is 62.5 Å². The van der Waals surface area contributed by atoms with Crippen LogP contribution in [0.5, 0.6) is 0 Å². The van der Waals surface area contributed by atoms with Gasteiger partial charge in [0.05, 0.1) is 11.6 Å². The van der Waals surface area contributed by atoms with Gasteiger partial charge in [-0.1, -0.05) is 17.7 Å². The zero-order valence-electron chi connectivity index (χ0n) is 9.22. The molecule has 0 fully saturated rings. The highest BCUT2D eigenvalue weighted by molar-refractivity contribution is 6.31. The molecule has 1 heterocycles. The smallest absolute Gasteiger partial charge is 0.323 e. The van der Waals surface area contributed by atoms with Crippen LogP contribution in [0.1, 0.15) is 18.6 Å². The lowest BCUT2D eigenvalue weighted by Gasteiger charge is -2.01. The Morgan fingerprint density at radius 1 is 1.53 bits per heavy atom. The number of aliphatic carboxylic acids is 1. The Morgan fingerprint density at radius 3 is 2.82 bits per heavy atom. The van der Waals surface area contributed by atoms with Gasteiger partial charge >= 0.3 is 5.97 Å². The minimum Gasteiger partial charge on any atom is -0.480 e. The number of fused-ring (bicyclic) bond motifs is 1. The summed E-state index contributed by atoms with van der Waals surface area (Å²) >= 11 is 5.89. The van der Waals surface area contributed by atoms with Gasteiger partial charge in [0.2, 0.25) is 0 Å². The molecular formula is C12H12ClNO3. The first kappa shape index (κ1) is 12.0. The molecular weight excluding hydrogens is 242 g/mol. The highest BCUT2D eigenvalue weighted by Gasteiger charge is 2.14. The third-order valence-corrected chi connectivity index (χ3v) is 2.87. The fourth-order valence-corrected chi connectivity index (χ4v) is 2.07. The first-order chi connectivity index (χ1) is 7.99. The second kappa shape index (κ2) is 4.39. The van der Waals surface area contributed by atoms with Crippen molar-refractivity contribution >= 4 is 28.5 Å². The molecule has 1 aromatic carbocycles. The third kappa shape index (κ3) is 2.28. The fourth-order valence-electron chi connectivity index (χ4n) is 1.90. The lowest BCUT2D eigenvalue weighted by atomic mass is 10.1. The van der Waals surface area contributed by atoms with Gasteiger partial charge < -0.3 is 14.8 Å². The van der Waals surface area contributed by atoms with Gasteiger partial charge in [-0.3, -0.25) is 4.79 Å². The number of hydrogen-bond donors (Lipinski definition) is 2. The van der Waals surface area contributed by atoms with Gasteiger partial charge in [0, 0.05) is 22.2 Å². The fraction of sp³-hybridized carbons (Fsp3) is 0.250. The van der Waals surface area contributed by atoms with Crippen LogP contribution in [0.25, 0.3) is 10.9 Å². The molecule has 0 aliphatic heterocycles. The molecule has 5 heteroatoms. The van der Waals surface area contributed by atoms with E-state index < -0.39 is 12.1 Å². The quantitative estimate of drug-likeness (QED) is 0.883. The number of hydrogen-bond acceptors (Lipinski definition) is 2. The molecule has 90 valence electrons. The van der Waals surface area contributed by atoms with E-state index >= 15 is 0 Å². The molecule has 2 N–H and O–H groups in total. The number of nitrogens with zero attached hydrogens (tertiary/aromatic N) is 1. The van der Waals surface area contributed by atoms with E-state index in [1.165, 1.54) is 0 Å². The number of carboxylic acids is 1. The summed E-state index contributed by atoms with van der Waals surface area (Å²) < 4.78 is 1.58. The summed E-state index contributed by atoms with van der Waals surface area (Å²) in [6, 6.07) is 5.21. The summed E-state index contributed by atoms with van der Waals surface area (Å²) in [7, 11) is 0. The Balaban J connectivity index is 2.66. The summed E-state index contributed by atoms with van der Waals surface area (Å²) in [6.45, 7) is 1.50. The van der Waals surface area contributed by atoms with Crippen molar-refractivity contribution in [3.63, 3.8) is 0 Å². The minimum absolute atomic E-state index is 0.149. The molecule has 2 rings (SSSR count). The van der Waals surface area contributed by atoms with Crippen molar-refractivity contribution in [2.75, 3.05) is 0 Å². The average Bonchev–Trinajstić information content (AvgIpc) is 2.56. The maximum atomic E-state index is 10.8. The zero-order chi connectivity index (χ0) is 12.6. The van der Waals surface area contributed by atoms with Gasteiger partial charge in [-0.15, -0.1) is 0 Å². The van der Waals surface area contributed by atoms with Crippen LogP contribution in [0.15, 0.2) is 24.4 Å². The molecule has 0 aliphatic rings. The largest absolute Gasteiger partial charge is 0.480 e. The summed E-state index contributed by atoms with van der Waals surface area (Å²) in [5.41, 5.74) is 1.42. The maximum Gasteiger partial charge on any atom is 0.323 e. The third-order valence-electron chi connectivity index (χ3n) is 2.63. The van der Waals surface area contributed by atoms with Crippen molar-refractivity contribution in [2.24, 2.45) is 0 Å². The van der Waals surface area contributed by atoms with E-state index in [-0.39, 0.29) is 6.54 Å². The predicted molar refractivity (Wildman–Crippen MR) is 65.2 cm³/mol. The monoisotopic (exact) mass is 253 g/mol. The number of aliphatic hydroxyl groups excluding tert-OH is 1. The van der Waals surface area contributed by atoms with Crippen LogP contribution >= 0.6 is 11.6 Å². The van der Waals surface area contributed by atoms with Gasteiger partial charge in [-0.2, -0.15) is 0 Å². The van der Waals surface area contributed by atoms with Gasteiger partial charge in [0.1, 0.15) is 6.54 Å². The molecule has 0 bridgehead atoms. The number of aromatic nitrogens is 1. The molecule has 1 unspecified atom stereocenters. The highest BCUT2D eigenvalue weighted by atomic mass is 35.5. The Kier molecular flexibility index (Phi) is 3.09. The molecule has 17 heavy (non-hydrogen) atoms. The van der Waals surface area contributed by atoms with Crippen molar-refractivity contribution < 1.29 is 15.0 Å². The van der Waals surface area contributed by atoms with Crippen molar-refractivity contribution in [3.05, 3.63) is 35.0 Å². The summed E-state index contributed by atoms with van der Waals surface area (Å²) in [4.78, 5) is 10.8. The number of rotatable bonds is 3.